The Balaban J connectivity index is 1.87. The average molecular weight is 261 g/mol. The van der Waals surface area contributed by atoms with Gasteiger partial charge in [0, 0.05) is 19.6 Å². The Morgan fingerprint density at radius 1 is 1.37 bits per heavy atom. The first-order valence-corrected chi connectivity index (χ1v) is 6.38. The van der Waals surface area contributed by atoms with Gasteiger partial charge in [0.25, 0.3) is 0 Å². The van der Waals surface area contributed by atoms with Crippen molar-refractivity contribution in [3.05, 3.63) is 35.9 Å². The van der Waals surface area contributed by atoms with Crippen LogP contribution in [0.3, 0.4) is 0 Å². The molecule has 0 spiro atoms. The third-order valence-electron chi connectivity index (χ3n) is 3.64. The van der Waals surface area contributed by atoms with Crippen molar-refractivity contribution in [3.8, 4) is 0 Å². The molecule has 0 aromatic heterocycles. The predicted octanol–water partition coefficient (Wildman–Crippen LogP) is 1.09. The van der Waals surface area contributed by atoms with Crippen molar-refractivity contribution >= 4 is 11.9 Å². The molecule has 2 rings (SSSR count). The molecular formula is C14H19N3O2. The lowest BCUT2D eigenvalue weighted by Gasteiger charge is -2.21. The number of carbonyl (C=O) groups is 2. The van der Waals surface area contributed by atoms with Gasteiger partial charge in [-0.05, 0) is 18.9 Å². The van der Waals surface area contributed by atoms with Crippen LogP contribution in [0.1, 0.15) is 18.9 Å². The summed E-state index contributed by atoms with van der Waals surface area (Å²) < 4.78 is 0. The molecule has 1 saturated heterocycles. The molecule has 0 aliphatic carbocycles. The van der Waals surface area contributed by atoms with E-state index in [0.29, 0.717) is 26.1 Å². The lowest BCUT2D eigenvalue weighted by atomic mass is 9.89. The molecule has 3 N–H and O–H groups in total. The zero-order valence-corrected chi connectivity index (χ0v) is 11.1. The molecule has 102 valence electrons. The number of hydrogen-bond acceptors (Lipinski definition) is 2. The van der Waals surface area contributed by atoms with Crippen LogP contribution >= 0.6 is 0 Å². The summed E-state index contributed by atoms with van der Waals surface area (Å²) in [6, 6.07) is 9.57. The number of carbonyl (C=O) groups excluding carboxylic acids is 2. The van der Waals surface area contributed by atoms with Gasteiger partial charge in [-0.15, -0.1) is 0 Å². The minimum Gasteiger partial charge on any atom is -0.369 e. The molecule has 19 heavy (non-hydrogen) atoms. The highest BCUT2D eigenvalue weighted by molar-refractivity contribution is 5.83. The van der Waals surface area contributed by atoms with E-state index in [-0.39, 0.29) is 11.9 Å². The summed E-state index contributed by atoms with van der Waals surface area (Å²) >= 11 is 0. The van der Waals surface area contributed by atoms with Crippen LogP contribution in [-0.2, 0) is 11.3 Å². The fraction of sp³-hybridized carbons (Fsp3) is 0.429. The average Bonchev–Trinajstić information content (AvgIpc) is 2.81. The number of amides is 3. The van der Waals surface area contributed by atoms with E-state index >= 15 is 0 Å². The maximum Gasteiger partial charge on any atom is 0.317 e. The molecule has 1 fully saturated rings. The Hall–Kier alpha value is -2.04. The van der Waals surface area contributed by atoms with Crippen molar-refractivity contribution in [3.63, 3.8) is 0 Å². The van der Waals surface area contributed by atoms with Crippen LogP contribution in [0.4, 0.5) is 4.79 Å². The molecule has 1 atom stereocenters. The SMILES string of the molecule is CC1(C(N)=O)CCN(C(=O)NCc2ccccc2)C1. The number of hydrogen-bond donors (Lipinski definition) is 2. The van der Waals surface area contributed by atoms with E-state index in [1.807, 2.05) is 30.3 Å². The van der Waals surface area contributed by atoms with Gasteiger partial charge in [0.1, 0.15) is 0 Å². The third-order valence-corrected chi connectivity index (χ3v) is 3.64. The van der Waals surface area contributed by atoms with Crippen LogP contribution in [0.2, 0.25) is 0 Å². The molecule has 0 saturated carbocycles. The van der Waals surface area contributed by atoms with Crippen LogP contribution in [0.15, 0.2) is 30.3 Å². The van der Waals surface area contributed by atoms with E-state index in [9.17, 15) is 9.59 Å². The molecular weight excluding hydrogens is 242 g/mol. The maximum atomic E-state index is 12.0. The van der Waals surface area contributed by atoms with Gasteiger partial charge in [0.15, 0.2) is 0 Å². The molecule has 1 aliphatic rings. The molecule has 1 aromatic carbocycles. The third kappa shape index (κ3) is 3.05. The van der Waals surface area contributed by atoms with Gasteiger partial charge in [-0.2, -0.15) is 0 Å². The minimum atomic E-state index is -0.593. The highest BCUT2D eigenvalue weighted by Gasteiger charge is 2.40. The summed E-state index contributed by atoms with van der Waals surface area (Å²) in [4.78, 5) is 25.0. The van der Waals surface area contributed by atoms with Gasteiger partial charge in [-0.3, -0.25) is 4.79 Å². The van der Waals surface area contributed by atoms with E-state index in [1.165, 1.54) is 0 Å². The Kier molecular flexibility index (Phi) is 3.74. The second-order valence-electron chi connectivity index (χ2n) is 5.24. The Morgan fingerprint density at radius 3 is 2.63 bits per heavy atom. The lowest BCUT2D eigenvalue weighted by Crippen LogP contribution is -2.42. The molecule has 5 heteroatoms. The van der Waals surface area contributed by atoms with Crippen LogP contribution < -0.4 is 11.1 Å². The largest absolute Gasteiger partial charge is 0.369 e. The number of rotatable bonds is 3. The van der Waals surface area contributed by atoms with E-state index in [0.717, 1.165) is 5.56 Å². The van der Waals surface area contributed by atoms with E-state index in [2.05, 4.69) is 5.32 Å². The van der Waals surface area contributed by atoms with E-state index in [1.54, 1.807) is 11.8 Å². The molecule has 3 amide bonds. The molecule has 1 heterocycles. The van der Waals surface area contributed by atoms with Crippen LogP contribution in [0.5, 0.6) is 0 Å². The van der Waals surface area contributed by atoms with E-state index < -0.39 is 5.41 Å². The summed E-state index contributed by atoms with van der Waals surface area (Å²) in [5.41, 5.74) is 5.82. The predicted molar refractivity (Wildman–Crippen MR) is 72.2 cm³/mol. The lowest BCUT2D eigenvalue weighted by molar-refractivity contribution is -0.126. The standard InChI is InChI=1S/C14H19N3O2/c1-14(12(15)18)7-8-17(10-14)13(19)16-9-11-5-3-2-4-6-11/h2-6H,7-10H2,1H3,(H2,15,18)(H,16,19). The summed E-state index contributed by atoms with van der Waals surface area (Å²) in [7, 11) is 0. The topological polar surface area (TPSA) is 75.4 Å². The summed E-state index contributed by atoms with van der Waals surface area (Å²) in [6.07, 6.45) is 0.626. The highest BCUT2D eigenvalue weighted by atomic mass is 16.2. The quantitative estimate of drug-likeness (QED) is 0.854. The van der Waals surface area contributed by atoms with Gasteiger partial charge in [0.2, 0.25) is 5.91 Å². The Morgan fingerprint density at radius 2 is 2.05 bits per heavy atom. The Bertz CT molecular complexity index is 475. The summed E-state index contributed by atoms with van der Waals surface area (Å²) in [5, 5.41) is 2.85. The number of benzene rings is 1. The first kappa shape index (κ1) is 13.4. The first-order chi connectivity index (χ1) is 9.01. The van der Waals surface area contributed by atoms with Crippen molar-refractivity contribution in [2.45, 2.75) is 19.9 Å². The molecule has 1 aromatic rings. The maximum absolute atomic E-state index is 12.0. The monoisotopic (exact) mass is 261 g/mol. The van der Waals surface area contributed by atoms with Crippen LogP contribution in [-0.4, -0.2) is 29.9 Å². The molecule has 0 bridgehead atoms. The summed E-state index contributed by atoms with van der Waals surface area (Å²) in [6.45, 7) is 3.26. The zero-order valence-electron chi connectivity index (χ0n) is 11.1. The fourth-order valence-electron chi connectivity index (χ4n) is 2.22. The van der Waals surface area contributed by atoms with Crippen molar-refractivity contribution in [2.75, 3.05) is 13.1 Å². The number of nitrogens with one attached hydrogen (secondary N) is 1. The number of likely N-dealkylation sites (tertiary alicyclic amines) is 1. The van der Waals surface area contributed by atoms with E-state index in [4.69, 9.17) is 5.73 Å². The normalized spacial score (nSPS) is 22.3. The molecule has 5 nitrogen and oxygen atoms in total. The van der Waals surface area contributed by atoms with Gasteiger partial charge in [-0.1, -0.05) is 30.3 Å². The first-order valence-electron chi connectivity index (χ1n) is 6.38. The number of nitrogens with zero attached hydrogens (tertiary/aromatic N) is 1. The number of urea groups is 1. The van der Waals surface area contributed by atoms with Crippen molar-refractivity contribution in [1.29, 1.82) is 0 Å². The smallest absolute Gasteiger partial charge is 0.317 e. The second-order valence-corrected chi connectivity index (χ2v) is 5.24. The fourth-order valence-corrected chi connectivity index (χ4v) is 2.22. The van der Waals surface area contributed by atoms with Crippen molar-refractivity contribution < 1.29 is 9.59 Å². The van der Waals surface area contributed by atoms with Crippen LogP contribution in [0, 0.1) is 5.41 Å². The molecule has 0 radical (unpaired) electrons. The Labute approximate surface area is 112 Å². The van der Waals surface area contributed by atoms with Crippen LogP contribution in [0.25, 0.3) is 0 Å². The minimum absolute atomic E-state index is 0.145. The van der Waals surface area contributed by atoms with Gasteiger partial charge in [-0.25, -0.2) is 4.79 Å². The van der Waals surface area contributed by atoms with Gasteiger partial charge < -0.3 is 16.0 Å². The van der Waals surface area contributed by atoms with Crippen molar-refractivity contribution in [2.24, 2.45) is 11.1 Å². The molecule has 1 aliphatic heterocycles. The van der Waals surface area contributed by atoms with Gasteiger partial charge in [0.05, 0.1) is 5.41 Å². The molecule has 1 unspecified atom stereocenters. The van der Waals surface area contributed by atoms with Crippen molar-refractivity contribution in [1.82, 2.24) is 10.2 Å². The number of nitrogens with two attached hydrogens (primary N) is 1. The van der Waals surface area contributed by atoms with Gasteiger partial charge >= 0.3 is 6.03 Å². The number of primary amides is 1. The highest BCUT2D eigenvalue weighted by Crippen LogP contribution is 2.29. The zero-order chi connectivity index (χ0) is 13.9. The summed E-state index contributed by atoms with van der Waals surface area (Å²) in [5.74, 6) is -0.342. The second kappa shape index (κ2) is 5.30.